The van der Waals surface area contributed by atoms with E-state index >= 15 is 0 Å². The van der Waals surface area contributed by atoms with E-state index in [1.807, 2.05) is 22.6 Å². The molecule has 0 atom stereocenters. The number of para-hydroxylation sites is 1. The number of nitrogens with zero attached hydrogens (tertiary/aromatic N) is 1. The second kappa shape index (κ2) is 10.5. The summed E-state index contributed by atoms with van der Waals surface area (Å²) >= 11 is 7.15. The number of benzene rings is 3. The fraction of sp³-hybridized carbons (Fsp3) is 0.0800. The van der Waals surface area contributed by atoms with Gasteiger partial charge in [-0.15, -0.1) is 0 Å². The van der Waals surface area contributed by atoms with Crippen LogP contribution in [0.15, 0.2) is 66.2 Å². The molecule has 1 saturated heterocycles. The van der Waals surface area contributed by atoms with Crippen molar-refractivity contribution in [1.82, 2.24) is 5.32 Å². The van der Waals surface area contributed by atoms with Crippen LogP contribution in [0, 0.1) is 15.2 Å². The molecule has 0 aromatic heterocycles. The molecule has 1 heterocycles. The monoisotopic (exact) mass is 606 g/mol. The number of halogens is 3. The van der Waals surface area contributed by atoms with Crippen molar-refractivity contribution in [3.8, 4) is 11.5 Å². The van der Waals surface area contributed by atoms with Crippen molar-refractivity contribution >= 4 is 63.5 Å². The minimum absolute atomic E-state index is 0.0679. The number of hydrogen-bond donors (Lipinski definition) is 1. The molecule has 6 nitrogen and oxygen atoms in total. The lowest BCUT2D eigenvalue weighted by molar-refractivity contribution is -0.122. The Balaban J connectivity index is 1.65. The number of ether oxygens (including phenoxy) is 2. The predicted octanol–water partition coefficient (Wildman–Crippen LogP) is 4.99. The molecule has 1 fully saturated rings. The van der Waals surface area contributed by atoms with Gasteiger partial charge in [0.15, 0.2) is 16.6 Å². The first-order valence-electron chi connectivity index (χ1n) is 10.2. The molecule has 4 rings (SSSR count). The topological polar surface area (TPSA) is 67.9 Å². The standard InChI is InChI=1S/C25H17F2IN2O4S/c1-33-21-12-15(11-19(28)22(21)34-13-14-5-4-6-16(26)9-14)10-17-23(31)29-25(35)30(24(17)32)20-8-3-2-7-18(20)27/h2-12H,13H2,1H3,(H,29,31,35)/b17-10+. The van der Waals surface area contributed by atoms with E-state index in [1.165, 1.54) is 43.5 Å². The number of anilines is 1. The molecule has 0 saturated carbocycles. The lowest BCUT2D eigenvalue weighted by Crippen LogP contribution is -2.54. The Kier molecular flexibility index (Phi) is 7.41. The molecule has 0 spiro atoms. The van der Waals surface area contributed by atoms with Crippen molar-refractivity contribution in [2.24, 2.45) is 0 Å². The molecule has 3 aromatic rings. The van der Waals surface area contributed by atoms with Crippen LogP contribution in [0.1, 0.15) is 11.1 Å². The number of carbonyl (C=O) groups is 2. The first-order chi connectivity index (χ1) is 16.8. The van der Waals surface area contributed by atoms with Gasteiger partial charge in [0.25, 0.3) is 11.8 Å². The van der Waals surface area contributed by atoms with Crippen LogP contribution in [-0.2, 0) is 16.2 Å². The Morgan fingerprint density at radius 2 is 1.86 bits per heavy atom. The van der Waals surface area contributed by atoms with E-state index in [-0.39, 0.29) is 28.8 Å². The second-order valence-electron chi connectivity index (χ2n) is 7.36. The van der Waals surface area contributed by atoms with E-state index in [0.29, 0.717) is 26.2 Å². The van der Waals surface area contributed by atoms with E-state index < -0.39 is 17.6 Å². The van der Waals surface area contributed by atoms with E-state index in [1.54, 1.807) is 30.3 Å². The fourth-order valence-electron chi connectivity index (χ4n) is 3.42. The van der Waals surface area contributed by atoms with E-state index in [2.05, 4.69) is 5.32 Å². The van der Waals surface area contributed by atoms with Gasteiger partial charge in [0.05, 0.1) is 16.4 Å². The van der Waals surface area contributed by atoms with E-state index in [0.717, 1.165) is 4.90 Å². The van der Waals surface area contributed by atoms with Gasteiger partial charge in [-0.05, 0) is 88.4 Å². The molecule has 2 amide bonds. The summed E-state index contributed by atoms with van der Waals surface area (Å²) in [6.07, 6.45) is 1.37. The number of methoxy groups -OCH3 is 1. The predicted molar refractivity (Wildman–Crippen MR) is 139 cm³/mol. The lowest BCUT2D eigenvalue weighted by Gasteiger charge is -2.29. The molecule has 0 bridgehead atoms. The maximum Gasteiger partial charge on any atom is 0.270 e. The second-order valence-corrected chi connectivity index (χ2v) is 8.91. The molecular weight excluding hydrogens is 589 g/mol. The van der Waals surface area contributed by atoms with Crippen LogP contribution in [0.4, 0.5) is 14.5 Å². The number of hydrogen-bond acceptors (Lipinski definition) is 5. The Morgan fingerprint density at radius 1 is 1.09 bits per heavy atom. The Hall–Kier alpha value is -3.38. The summed E-state index contributed by atoms with van der Waals surface area (Å²) in [5, 5.41) is 2.22. The summed E-state index contributed by atoms with van der Waals surface area (Å²) < 4.78 is 39.7. The Morgan fingerprint density at radius 3 is 2.57 bits per heavy atom. The van der Waals surface area contributed by atoms with Crippen LogP contribution in [-0.4, -0.2) is 24.0 Å². The van der Waals surface area contributed by atoms with Gasteiger partial charge in [0.1, 0.15) is 23.8 Å². The summed E-state index contributed by atoms with van der Waals surface area (Å²) in [4.78, 5) is 26.7. The van der Waals surface area contributed by atoms with Crippen molar-refractivity contribution < 1.29 is 27.8 Å². The van der Waals surface area contributed by atoms with Crippen LogP contribution in [0.5, 0.6) is 11.5 Å². The highest BCUT2D eigenvalue weighted by atomic mass is 127. The van der Waals surface area contributed by atoms with Gasteiger partial charge in [-0.1, -0.05) is 24.3 Å². The quantitative estimate of drug-likeness (QED) is 0.186. The Bertz CT molecular complexity index is 1380. The SMILES string of the molecule is COc1cc(/C=C2\C(=O)NC(=S)N(c3ccccc3F)C2=O)cc(I)c1OCc1cccc(F)c1. The van der Waals surface area contributed by atoms with Crippen molar-refractivity contribution in [2.45, 2.75) is 6.61 Å². The van der Waals surface area contributed by atoms with Crippen molar-refractivity contribution in [3.05, 3.63) is 92.6 Å². The van der Waals surface area contributed by atoms with E-state index in [4.69, 9.17) is 21.7 Å². The van der Waals surface area contributed by atoms with Crippen LogP contribution in [0.2, 0.25) is 0 Å². The molecule has 3 aromatic carbocycles. The summed E-state index contributed by atoms with van der Waals surface area (Å²) in [5.74, 6) is -1.71. The average molecular weight is 606 g/mol. The van der Waals surface area contributed by atoms with Crippen LogP contribution >= 0.6 is 34.8 Å². The zero-order chi connectivity index (χ0) is 25.1. The third-order valence-electron chi connectivity index (χ3n) is 5.03. The number of nitrogens with one attached hydrogen (secondary N) is 1. The molecule has 10 heteroatoms. The van der Waals surface area contributed by atoms with Crippen LogP contribution < -0.4 is 19.7 Å². The maximum atomic E-state index is 14.3. The third kappa shape index (κ3) is 5.33. The average Bonchev–Trinajstić information content (AvgIpc) is 2.82. The molecule has 178 valence electrons. The van der Waals surface area contributed by atoms with Gasteiger partial charge in [-0.25, -0.2) is 13.7 Å². The van der Waals surface area contributed by atoms with Crippen molar-refractivity contribution in [2.75, 3.05) is 12.0 Å². The third-order valence-corrected chi connectivity index (χ3v) is 6.12. The highest BCUT2D eigenvalue weighted by molar-refractivity contribution is 14.1. The zero-order valence-electron chi connectivity index (χ0n) is 18.2. The molecule has 1 aliphatic rings. The number of carbonyl (C=O) groups excluding carboxylic acids is 2. The fourth-order valence-corrected chi connectivity index (χ4v) is 4.48. The first-order valence-corrected chi connectivity index (χ1v) is 11.7. The minimum Gasteiger partial charge on any atom is -0.493 e. The minimum atomic E-state index is -0.760. The Labute approximate surface area is 218 Å². The van der Waals surface area contributed by atoms with Gasteiger partial charge in [-0.3, -0.25) is 14.9 Å². The van der Waals surface area contributed by atoms with Gasteiger partial charge >= 0.3 is 0 Å². The smallest absolute Gasteiger partial charge is 0.270 e. The van der Waals surface area contributed by atoms with Crippen LogP contribution in [0.25, 0.3) is 6.08 Å². The van der Waals surface area contributed by atoms with Gasteiger partial charge in [-0.2, -0.15) is 0 Å². The normalized spacial score (nSPS) is 14.8. The molecule has 1 aliphatic heterocycles. The highest BCUT2D eigenvalue weighted by Crippen LogP contribution is 2.35. The summed E-state index contributed by atoms with van der Waals surface area (Å²) in [7, 11) is 1.45. The molecular formula is C25H17F2IN2O4S. The summed E-state index contributed by atoms with van der Waals surface area (Å²) in [5.41, 5.74) is 0.821. The maximum absolute atomic E-state index is 14.3. The molecule has 1 N–H and O–H groups in total. The van der Waals surface area contributed by atoms with Gasteiger partial charge < -0.3 is 9.47 Å². The van der Waals surface area contributed by atoms with Crippen molar-refractivity contribution in [3.63, 3.8) is 0 Å². The first kappa shape index (κ1) is 24.7. The largest absolute Gasteiger partial charge is 0.493 e. The van der Waals surface area contributed by atoms with Gasteiger partial charge in [0.2, 0.25) is 0 Å². The van der Waals surface area contributed by atoms with Gasteiger partial charge in [0, 0.05) is 0 Å². The molecule has 35 heavy (non-hydrogen) atoms. The lowest BCUT2D eigenvalue weighted by atomic mass is 10.1. The summed E-state index contributed by atoms with van der Waals surface area (Å²) in [6, 6.07) is 15.0. The highest BCUT2D eigenvalue weighted by Gasteiger charge is 2.35. The van der Waals surface area contributed by atoms with E-state index in [9.17, 15) is 18.4 Å². The molecule has 0 radical (unpaired) electrons. The van der Waals surface area contributed by atoms with Crippen LogP contribution in [0.3, 0.4) is 0 Å². The number of rotatable bonds is 6. The number of thiocarbonyl (C=S) groups is 1. The molecule has 0 aliphatic carbocycles. The zero-order valence-corrected chi connectivity index (χ0v) is 21.2. The summed E-state index contributed by atoms with van der Waals surface area (Å²) in [6.45, 7) is 0.112. The van der Waals surface area contributed by atoms with Crippen molar-refractivity contribution in [1.29, 1.82) is 0 Å². The molecule has 0 unspecified atom stereocenters. The number of amides is 2.